The van der Waals surface area contributed by atoms with Crippen LogP contribution in [0.25, 0.3) is 0 Å². The van der Waals surface area contributed by atoms with E-state index in [1.54, 1.807) is 0 Å². The first-order chi connectivity index (χ1) is 5.66. The topological polar surface area (TPSA) is 26.3 Å². The van der Waals surface area contributed by atoms with Crippen molar-refractivity contribution < 1.29 is 9.53 Å². The lowest BCUT2D eigenvalue weighted by Gasteiger charge is -2.08. The van der Waals surface area contributed by atoms with E-state index in [-0.39, 0.29) is 11.3 Å². The van der Waals surface area contributed by atoms with Gasteiger partial charge in [0.05, 0.1) is 5.38 Å². The van der Waals surface area contributed by atoms with Crippen LogP contribution in [0.1, 0.15) is 39.5 Å². The summed E-state index contributed by atoms with van der Waals surface area (Å²) >= 11 is 5.88. The first kappa shape index (κ1) is 11.8. The highest BCUT2D eigenvalue weighted by molar-refractivity contribution is 6.20. The number of esters is 1. The SMILES string of the molecule is CCCCCC(Cl)COC(C)=O. The molecule has 0 spiro atoms. The second-order valence-corrected chi connectivity index (χ2v) is 3.51. The van der Waals surface area contributed by atoms with E-state index in [1.807, 2.05) is 0 Å². The molecule has 0 radical (unpaired) electrons. The number of unbranched alkanes of at least 4 members (excludes halogenated alkanes) is 2. The predicted octanol–water partition coefficient (Wildman–Crippen LogP) is 2.74. The monoisotopic (exact) mass is 192 g/mol. The summed E-state index contributed by atoms with van der Waals surface area (Å²) in [5.74, 6) is -0.254. The van der Waals surface area contributed by atoms with Crippen molar-refractivity contribution in [1.29, 1.82) is 0 Å². The lowest BCUT2D eigenvalue weighted by molar-refractivity contribution is -0.140. The molecule has 0 aromatic rings. The molecule has 0 heterocycles. The van der Waals surface area contributed by atoms with Gasteiger partial charge in [-0.15, -0.1) is 11.6 Å². The molecular formula is C9H17ClO2. The molecule has 12 heavy (non-hydrogen) atoms. The van der Waals surface area contributed by atoms with Crippen LogP contribution >= 0.6 is 11.6 Å². The minimum absolute atomic E-state index is 0.0135. The highest BCUT2D eigenvalue weighted by Gasteiger charge is 2.05. The number of halogens is 1. The standard InChI is InChI=1S/C9H17ClO2/c1-3-4-5-6-9(10)7-12-8(2)11/h9H,3-7H2,1-2H3. The number of rotatable bonds is 6. The summed E-state index contributed by atoms with van der Waals surface area (Å²) in [6.45, 7) is 3.89. The van der Waals surface area contributed by atoms with Crippen LogP contribution in [-0.4, -0.2) is 18.0 Å². The number of hydrogen-bond donors (Lipinski definition) is 0. The van der Waals surface area contributed by atoms with Crippen LogP contribution in [0.5, 0.6) is 0 Å². The maximum absolute atomic E-state index is 10.4. The number of carbonyl (C=O) groups excluding carboxylic acids is 1. The molecule has 1 unspecified atom stereocenters. The molecule has 0 bridgehead atoms. The molecule has 0 N–H and O–H groups in total. The van der Waals surface area contributed by atoms with E-state index in [2.05, 4.69) is 6.92 Å². The molecule has 0 aliphatic heterocycles. The van der Waals surface area contributed by atoms with E-state index < -0.39 is 0 Å². The van der Waals surface area contributed by atoms with Gasteiger partial charge in [0, 0.05) is 6.92 Å². The quantitative estimate of drug-likeness (QED) is 0.368. The van der Waals surface area contributed by atoms with Crippen LogP contribution in [0.2, 0.25) is 0 Å². The Morgan fingerprint density at radius 3 is 2.67 bits per heavy atom. The summed E-state index contributed by atoms with van der Waals surface area (Å²) in [4.78, 5) is 10.4. The number of ether oxygens (including phenoxy) is 1. The van der Waals surface area contributed by atoms with E-state index in [0.29, 0.717) is 6.61 Å². The molecule has 0 saturated carbocycles. The fourth-order valence-electron chi connectivity index (χ4n) is 0.907. The van der Waals surface area contributed by atoms with Gasteiger partial charge in [-0.25, -0.2) is 0 Å². The van der Waals surface area contributed by atoms with Crippen molar-refractivity contribution in [1.82, 2.24) is 0 Å². The summed E-state index contributed by atoms with van der Waals surface area (Å²) in [7, 11) is 0. The zero-order chi connectivity index (χ0) is 9.40. The maximum Gasteiger partial charge on any atom is 0.302 e. The van der Waals surface area contributed by atoms with Crippen LogP contribution in [0.3, 0.4) is 0 Å². The summed E-state index contributed by atoms with van der Waals surface area (Å²) in [6, 6.07) is 0. The molecule has 0 rings (SSSR count). The molecule has 1 atom stereocenters. The maximum atomic E-state index is 10.4. The molecule has 0 aliphatic rings. The Morgan fingerprint density at radius 2 is 2.17 bits per heavy atom. The van der Waals surface area contributed by atoms with Gasteiger partial charge in [0.25, 0.3) is 0 Å². The van der Waals surface area contributed by atoms with E-state index in [4.69, 9.17) is 16.3 Å². The molecule has 3 heteroatoms. The third-order valence-corrected chi connectivity index (χ3v) is 1.93. The first-order valence-electron chi connectivity index (χ1n) is 4.44. The average molecular weight is 193 g/mol. The molecule has 0 fully saturated rings. The zero-order valence-electron chi connectivity index (χ0n) is 7.81. The molecule has 0 saturated heterocycles. The summed E-state index contributed by atoms with van der Waals surface area (Å²) < 4.78 is 4.76. The zero-order valence-corrected chi connectivity index (χ0v) is 8.56. The molecule has 0 amide bonds. The number of alkyl halides is 1. The van der Waals surface area contributed by atoms with Crippen molar-refractivity contribution in [2.24, 2.45) is 0 Å². The van der Waals surface area contributed by atoms with E-state index in [9.17, 15) is 4.79 Å². The lowest BCUT2D eigenvalue weighted by atomic mass is 10.1. The second-order valence-electron chi connectivity index (χ2n) is 2.90. The van der Waals surface area contributed by atoms with Gasteiger partial charge in [-0.2, -0.15) is 0 Å². The van der Waals surface area contributed by atoms with Gasteiger partial charge in [-0.3, -0.25) is 4.79 Å². The summed E-state index contributed by atoms with van der Waals surface area (Å²) in [5.41, 5.74) is 0. The van der Waals surface area contributed by atoms with Crippen LogP contribution in [0.4, 0.5) is 0 Å². The van der Waals surface area contributed by atoms with Crippen LogP contribution in [0, 0.1) is 0 Å². The minimum Gasteiger partial charge on any atom is -0.464 e. The predicted molar refractivity (Wildman–Crippen MR) is 50.4 cm³/mol. The Kier molecular flexibility index (Phi) is 7.26. The highest BCUT2D eigenvalue weighted by Crippen LogP contribution is 2.09. The lowest BCUT2D eigenvalue weighted by Crippen LogP contribution is -2.11. The van der Waals surface area contributed by atoms with Gasteiger partial charge in [-0.1, -0.05) is 26.2 Å². The van der Waals surface area contributed by atoms with Gasteiger partial charge < -0.3 is 4.74 Å². The Morgan fingerprint density at radius 1 is 1.50 bits per heavy atom. The summed E-state index contributed by atoms with van der Waals surface area (Å²) in [6.07, 6.45) is 4.44. The van der Waals surface area contributed by atoms with Gasteiger partial charge >= 0.3 is 5.97 Å². The average Bonchev–Trinajstić information content (AvgIpc) is 2.01. The molecule has 72 valence electrons. The highest BCUT2D eigenvalue weighted by atomic mass is 35.5. The number of hydrogen-bond acceptors (Lipinski definition) is 2. The fourth-order valence-corrected chi connectivity index (χ4v) is 1.12. The van der Waals surface area contributed by atoms with E-state index >= 15 is 0 Å². The van der Waals surface area contributed by atoms with Gasteiger partial charge in [0.15, 0.2) is 0 Å². The van der Waals surface area contributed by atoms with Crippen LogP contribution < -0.4 is 0 Å². The van der Waals surface area contributed by atoms with Crippen LogP contribution in [0.15, 0.2) is 0 Å². The number of carbonyl (C=O) groups is 1. The van der Waals surface area contributed by atoms with Crippen molar-refractivity contribution >= 4 is 17.6 Å². The van der Waals surface area contributed by atoms with Crippen molar-refractivity contribution in [2.75, 3.05) is 6.61 Å². The Bertz CT molecular complexity index is 126. The van der Waals surface area contributed by atoms with Gasteiger partial charge in [-0.05, 0) is 6.42 Å². The van der Waals surface area contributed by atoms with Gasteiger partial charge in [0.1, 0.15) is 6.61 Å². The third kappa shape index (κ3) is 7.86. The van der Waals surface area contributed by atoms with Crippen molar-refractivity contribution in [3.8, 4) is 0 Å². The Labute approximate surface area is 79.2 Å². The van der Waals surface area contributed by atoms with Crippen molar-refractivity contribution in [2.45, 2.75) is 44.9 Å². The van der Waals surface area contributed by atoms with Crippen molar-refractivity contribution in [3.05, 3.63) is 0 Å². The molecule has 0 aromatic carbocycles. The van der Waals surface area contributed by atoms with Gasteiger partial charge in [0.2, 0.25) is 0 Å². The Balaban J connectivity index is 3.21. The summed E-state index contributed by atoms with van der Waals surface area (Å²) in [5, 5.41) is -0.0135. The Hall–Kier alpha value is -0.240. The van der Waals surface area contributed by atoms with E-state index in [1.165, 1.54) is 19.8 Å². The molecular weight excluding hydrogens is 176 g/mol. The minimum atomic E-state index is -0.254. The fraction of sp³-hybridized carbons (Fsp3) is 0.889. The molecule has 0 aromatic heterocycles. The van der Waals surface area contributed by atoms with E-state index in [0.717, 1.165) is 12.8 Å². The smallest absolute Gasteiger partial charge is 0.302 e. The third-order valence-electron chi connectivity index (χ3n) is 1.59. The first-order valence-corrected chi connectivity index (χ1v) is 4.88. The van der Waals surface area contributed by atoms with Crippen LogP contribution in [-0.2, 0) is 9.53 Å². The van der Waals surface area contributed by atoms with Crippen molar-refractivity contribution in [3.63, 3.8) is 0 Å². The normalized spacial score (nSPS) is 12.6. The molecule has 2 nitrogen and oxygen atoms in total. The molecule has 0 aliphatic carbocycles. The second kappa shape index (κ2) is 7.41. The largest absolute Gasteiger partial charge is 0.464 e.